The number of esters is 1. The van der Waals surface area contributed by atoms with Crippen LogP contribution in [-0.4, -0.2) is 34.0 Å². The van der Waals surface area contributed by atoms with Crippen molar-refractivity contribution in [2.24, 2.45) is 0 Å². The molecule has 0 bridgehead atoms. The van der Waals surface area contributed by atoms with Crippen molar-refractivity contribution in [2.75, 3.05) is 7.11 Å². The first kappa shape index (κ1) is 12.5. The molecule has 0 aliphatic rings. The fraction of sp³-hybridized carbons (Fsp3) is 0.417. The van der Waals surface area contributed by atoms with E-state index in [1.165, 1.54) is 12.7 Å². The summed E-state index contributed by atoms with van der Waals surface area (Å²) in [6.07, 6.45) is 1.13. The van der Waals surface area contributed by atoms with Gasteiger partial charge in [0.25, 0.3) is 0 Å². The minimum atomic E-state index is -0.265. The van der Waals surface area contributed by atoms with Gasteiger partial charge in [-0.25, -0.2) is 0 Å². The zero-order chi connectivity index (χ0) is 11.3. The van der Waals surface area contributed by atoms with Crippen molar-refractivity contribution >= 4 is 26.9 Å². The van der Waals surface area contributed by atoms with Gasteiger partial charge >= 0.3 is 101 Å². The summed E-state index contributed by atoms with van der Waals surface area (Å²) >= 11 is 0.144. The molecule has 0 radical (unpaired) electrons. The van der Waals surface area contributed by atoms with Gasteiger partial charge in [-0.05, 0) is 0 Å². The molecular formula is C12H16O2Te. The van der Waals surface area contributed by atoms with Crippen molar-refractivity contribution < 1.29 is 9.53 Å². The molecule has 1 unspecified atom stereocenters. The van der Waals surface area contributed by atoms with Crippen LogP contribution >= 0.6 is 0 Å². The molecule has 0 spiro atoms. The van der Waals surface area contributed by atoms with E-state index in [0.29, 0.717) is 5.56 Å². The van der Waals surface area contributed by atoms with Crippen LogP contribution in [0.1, 0.15) is 22.8 Å². The molecule has 1 rings (SSSR count). The molecule has 0 aromatic heterocycles. The molecule has 0 fully saturated rings. The van der Waals surface area contributed by atoms with Gasteiger partial charge in [0.1, 0.15) is 0 Å². The second kappa shape index (κ2) is 6.15. The van der Waals surface area contributed by atoms with E-state index in [0.717, 1.165) is 10.4 Å². The van der Waals surface area contributed by atoms with Crippen molar-refractivity contribution in [3.05, 3.63) is 35.4 Å². The van der Waals surface area contributed by atoms with Gasteiger partial charge in [0.05, 0.1) is 0 Å². The Bertz CT molecular complexity index is 319. The molecule has 0 aliphatic heterocycles. The number of ether oxygens (including phenoxy) is 1. The summed E-state index contributed by atoms with van der Waals surface area (Å²) in [6.45, 7) is 2.29. The van der Waals surface area contributed by atoms with Crippen molar-refractivity contribution in [3.63, 3.8) is 0 Å². The molecule has 82 valence electrons. The van der Waals surface area contributed by atoms with E-state index in [2.05, 4.69) is 16.6 Å². The zero-order valence-electron chi connectivity index (χ0n) is 9.32. The Morgan fingerprint density at radius 1 is 1.40 bits per heavy atom. The van der Waals surface area contributed by atoms with E-state index >= 15 is 0 Å². The summed E-state index contributed by atoms with van der Waals surface area (Å²) in [7, 11) is 1.40. The molecule has 0 amide bonds. The molecule has 0 aliphatic carbocycles. The van der Waals surface area contributed by atoms with Crippen molar-refractivity contribution in [1.82, 2.24) is 0 Å². The van der Waals surface area contributed by atoms with Gasteiger partial charge in [0.15, 0.2) is 0 Å². The SMILES string of the molecule is COC(=O)c1ccc(CC(C)[Te]C)cc1. The Hall–Kier alpha value is -0.520. The third kappa shape index (κ3) is 3.85. The predicted molar refractivity (Wildman–Crippen MR) is 62.5 cm³/mol. The monoisotopic (exact) mass is 322 g/mol. The molecular weight excluding hydrogens is 304 g/mol. The number of carbonyl (C=O) groups excluding carboxylic acids is 1. The topological polar surface area (TPSA) is 26.3 Å². The van der Waals surface area contributed by atoms with Crippen LogP contribution in [-0.2, 0) is 11.2 Å². The molecule has 1 aromatic rings. The normalized spacial score (nSPS) is 12.2. The van der Waals surface area contributed by atoms with Crippen LogP contribution in [0.4, 0.5) is 0 Å². The number of benzene rings is 1. The van der Waals surface area contributed by atoms with Crippen molar-refractivity contribution in [1.29, 1.82) is 0 Å². The van der Waals surface area contributed by atoms with Gasteiger partial charge in [-0.15, -0.1) is 0 Å². The van der Waals surface area contributed by atoms with Crippen LogP contribution in [0, 0.1) is 0 Å². The molecule has 0 heterocycles. The Labute approximate surface area is 101 Å². The Morgan fingerprint density at radius 3 is 2.47 bits per heavy atom. The second-order valence-corrected chi connectivity index (χ2v) is 7.08. The van der Waals surface area contributed by atoms with Crippen LogP contribution in [0.5, 0.6) is 0 Å². The number of rotatable bonds is 4. The maximum atomic E-state index is 11.2. The number of carbonyl (C=O) groups is 1. The van der Waals surface area contributed by atoms with Crippen LogP contribution in [0.25, 0.3) is 0 Å². The summed E-state index contributed by atoms with van der Waals surface area (Å²) in [5.41, 5.74) is 1.93. The molecule has 3 heteroatoms. The molecule has 2 nitrogen and oxygen atoms in total. The summed E-state index contributed by atoms with van der Waals surface area (Å²) in [5.74, 6) is -0.265. The Morgan fingerprint density at radius 2 is 2.00 bits per heavy atom. The quantitative estimate of drug-likeness (QED) is 0.630. The Kier molecular flexibility index (Phi) is 5.14. The van der Waals surface area contributed by atoms with Crippen LogP contribution < -0.4 is 0 Å². The standard InChI is InChI=1S/C12H16O2Te/c1-9(15-3)8-10-4-6-11(7-5-10)12(13)14-2/h4-7,9H,8H2,1-3H3. The number of hydrogen-bond acceptors (Lipinski definition) is 2. The van der Waals surface area contributed by atoms with E-state index in [9.17, 15) is 4.79 Å². The second-order valence-electron chi connectivity index (χ2n) is 3.44. The van der Waals surface area contributed by atoms with E-state index in [1.54, 1.807) is 0 Å². The van der Waals surface area contributed by atoms with Gasteiger partial charge in [-0.3, -0.25) is 0 Å². The summed E-state index contributed by atoms with van der Waals surface area (Å²) in [6, 6.07) is 7.71. The van der Waals surface area contributed by atoms with Gasteiger partial charge in [-0.1, -0.05) is 0 Å². The van der Waals surface area contributed by atoms with Gasteiger partial charge in [0, 0.05) is 0 Å². The maximum absolute atomic E-state index is 11.2. The van der Waals surface area contributed by atoms with E-state index in [1.807, 2.05) is 24.3 Å². The number of hydrogen-bond donors (Lipinski definition) is 0. The fourth-order valence-electron chi connectivity index (χ4n) is 1.31. The van der Waals surface area contributed by atoms with Gasteiger partial charge < -0.3 is 0 Å². The van der Waals surface area contributed by atoms with Crippen molar-refractivity contribution in [3.8, 4) is 0 Å². The Balaban J connectivity index is 2.68. The average molecular weight is 320 g/mol. The molecule has 1 atom stereocenters. The van der Waals surface area contributed by atoms with Gasteiger partial charge in [-0.2, -0.15) is 0 Å². The fourth-order valence-corrected chi connectivity index (χ4v) is 2.33. The first-order valence-corrected chi connectivity index (χ1v) is 8.55. The van der Waals surface area contributed by atoms with E-state index in [4.69, 9.17) is 0 Å². The van der Waals surface area contributed by atoms with Crippen LogP contribution in [0.15, 0.2) is 24.3 Å². The predicted octanol–water partition coefficient (Wildman–Crippen LogP) is 2.58. The third-order valence-corrected chi connectivity index (χ3v) is 5.07. The molecule has 0 N–H and O–H groups in total. The van der Waals surface area contributed by atoms with Crippen LogP contribution in [0.2, 0.25) is 8.94 Å². The first-order chi connectivity index (χ1) is 7.17. The minimum absolute atomic E-state index is 0.144. The van der Waals surface area contributed by atoms with Gasteiger partial charge in [0.2, 0.25) is 0 Å². The third-order valence-electron chi connectivity index (χ3n) is 2.30. The summed E-state index contributed by atoms with van der Waals surface area (Å²) in [5, 5.41) is 0. The average Bonchev–Trinajstić information content (AvgIpc) is 2.29. The molecule has 0 saturated heterocycles. The molecule has 0 saturated carbocycles. The summed E-state index contributed by atoms with van der Waals surface area (Å²) in [4.78, 5) is 13.5. The zero-order valence-corrected chi connectivity index (χ0v) is 11.6. The van der Waals surface area contributed by atoms with E-state index < -0.39 is 0 Å². The molecule has 1 aromatic carbocycles. The van der Waals surface area contributed by atoms with Crippen molar-refractivity contribution in [2.45, 2.75) is 22.3 Å². The molecule has 15 heavy (non-hydrogen) atoms. The number of methoxy groups -OCH3 is 1. The summed E-state index contributed by atoms with van der Waals surface area (Å²) < 4.78 is 5.46. The van der Waals surface area contributed by atoms with Crippen LogP contribution in [0.3, 0.4) is 0 Å². The first-order valence-electron chi connectivity index (χ1n) is 4.87. The van der Waals surface area contributed by atoms with E-state index in [-0.39, 0.29) is 26.9 Å².